The molecule has 0 radical (unpaired) electrons. The van der Waals surface area contributed by atoms with Gasteiger partial charge in [0, 0.05) is 70.6 Å². The molecule has 8 aromatic rings. The van der Waals surface area contributed by atoms with Gasteiger partial charge >= 0.3 is 0 Å². The largest absolute Gasteiger partial charge is 0.265 e. The molecule has 0 bridgehead atoms. The number of aromatic nitrogens is 8. The van der Waals surface area contributed by atoms with Crippen LogP contribution in [-0.2, 0) is 0 Å². The van der Waals surface area contributed by atoms with Crippen LogP contribution in [0.25, 0.3) is 79.2 Å². The normalized spacial score (nSPS) is 10.9. The van der Waals surface area contributed by atoms with E-state index in [2.05, 4.69) is 9.97 Å². The average molecular weight is 619 g/mol. The second-order valence-corrected chi connectivity index (χ2v) is 11.0. The van der Waals surface area contributed by atoms with Crippen LogP contribution in [0.15, 0.2) is 159 Å². The Hall–Kier alpha value is -6.80. The van der Waals surface area contributed by atoms with E-state index in [4.69, 9.17) is 29.9 Å². The molecule has 0 amide bonds. The molecular weight excluding hydrogens is 592 g/mol. The molecule has 6 heterocycles. The Labute approximate surface area is 277 Å². The molecule has 2 aromatic carbocycles. The second-order valence-electron chi connectivity index (χ2n) is 11.0. The van der Waals surface area contributed by atoms with E-state index >= 15 is 0 Å². The minimum absolute atomic E-state index is 0.637. The van der Waals surface area contributed by atoms with Gasteiger partial charge in [-0.2, -0.15) is 0 Å². The molecule has 0 spiro atoms. The summed E-state index contributed by atoms with van der Waals surface area (Å²) >= 11 is 0. The molecule has 0 saturated heterocycles. The van der Waals surface area contributed by atoms with E-state index in [1.807, 2.05) is 134 Å². The van der Waals surface area contributed by atoms with Crippen LogP contribution in [0, 0.1) is 0 Å². The highest BCUT2D eigenvalue weighted by molar-refractivity contribution is 5.73. The van der Waals surface area contributed by atoms with Gasteiger partial charge in [0.1, 0.15) is 0 Å². The third-order valence-corrected chi connectivity index (χ3v) is 7.85. The minimum atomic E-state index is 0.637. The second kappa shape index (κ2) is 12.9. The Balaban J connectivity index is 1.11. The number of hydrogen-bond donors (Lipinski definition) is 0. The Morgan fingerprint density at radius 3 is 1.06 bits per heavy atom. The third-order valence-electron chi connectivity index (χ3n) is 7.85. The summed E-state index contributed by atoms with van der Waals surface area (Å²) in [4.78, 5) is 37.4. The van der Waals surface area contributed by atoms with Crippen LogP contribution in [0.1, 0.15) is 0 Å². The van der Waals surface area contributed by atoms with Crippen molar-refractivity contribution in [2.45, 2.75) is 0 Å². The van der Waals surface area contributed by atoms with Crippen molar-refractivity contribution in [1.82, 2.24) is 39.9 Å². The lowest BCUT2D eigenvalue weighted by Crippen LogP contribution is -1.97. The van der Waals surface area contributed by atoms with E-state index in [0.717, 1.165) is 67.5 Å². The van der Waals surface area contributed by atoms with Gasteiger partial charge in [-0.15, -0.1) is 0 Å². The van der Waals surface area contributed by atoms with Crippen molar-refractivity contribution < 1.29 is 0 Å². The first kappa shape index (κ1) is 28.7. The molecule has 0 saturated carbocycles. The van der Waals surface area contributed by atoms with Gasteiger partial charge in [-0.3, -0.25) is 19.9 Å². The van der Waals surface area contributed by atoms with Crippen LogP contribution in [0.4, 0.5) is 0 Å². The molecule has 6 aromatic heterocycles. The summed E-state index contributed by atoms with van der Waals surface area (Å²) in [7, 11) is 0. The average Bonchev–Trinajstić information content (AvgIpc) is 3.19. The zero-order valence-electron chi connectivity index (χ0n) is 25.6. The Kier molecular flexibility index (Phi) is 7.70. The summed E-state index contributed by atoms with van der Waals surface area (Å²) in [6, 6.07) is 39.7. The van der Waals surface area contributed by atoms with Crippen LogP contribution >= 0.6 is 0 Å². The van der Waals surface area contributed by atoms with Gasteiger partial charge in [-0.1, -0.05) is 72.8 Å². The van der Waals surface area contributed by atoms with Gasteiger partial charge in [0.05, 0.1) is 34.2 Å². The fraction of sp³-hybridized carbons (Fsp3) is 0. The lowest BCUT2D eigenvalue weighted by molar-refractivity contribution is 1.16. The number of hydrogen-bond acceptors (Lipinski definition) is 8. The molecule has 0 aliphatic rings. The topological polar surface area (TPSA) is 103 Å². The van der Waals surface area contributed by atoms with Crippen LogP contribution < -0.4 is 0 Å². The van der Waals surface area contributed by atoms with E-state index in [1.165, 1.54) is 0 Å². The minimum Gasteiger partial charge on any atom is -0.265 e. The monoisotopic (exact) mass is 618 g/mol. The highest BCUT2D eigenvalue weighted by Crippen LogP contribution is 2.30. The van der Waals surface area contributed by atoms with Gasteiger partial charge in [0.25, 0.3) is 0 Å². The summed E-state index contributed by atoms with van der Waals surface area (Å²) in [6.07, 6.45) is 10.7. The maximum Gasteiger partial charge on any atom is 0.160 e. The fourth-order valence-corrected chi connectivity index (χ4v) is 5.36. The maximum absolute atomic E-state index is 4.89. The number of pyridine rings is 4. The molecule has 0 unspecified atom stereocenters. The van der Waals surface area contributed by atoms with Crippen LogP contribution in [0.5, 0.6) is 0 Å². The van der Waals surface area contributed by atoms with E-state index in [-0.39, 0.29) is 0 Å². The van der Waals surface area contributed by atoms with Crippen molar-refractivity contribution in [1.29, 1.82) is 0 Å². The van der Waals surface area contributed by atoms with E-state index in [9.17, 15) is 0 Å². The number of nitrogens with zero attached hydrogens (tertiary/aromatic N) is 8. The van der Waals surface area contributed by atoms with Gasteiger partial charge in [0.2, 0.25) is 0 Å². The summed E-state index contributed by atoms with van der Waals surface area (Å²) < 4.78 is 0. The first-order valence-electron chi connectivity index (χ1n) is 15.4. The smallest absolute Gasteiger partial charge is 0.160 e. The molecule has 226 valence electrons. The molecule has 0 N–H and O–H groups in total. The van der Waals surface area contributed by atoms with Crippen LogP contribution in [0.2, 0.25) is 0 Å². The van der Waals surface area contributed by atoms with Crippen molar-refractivity contribution in [3.05, 3.63) is 159 Å². The van der Waals surface area contributed by atoms with Crippen molar-refractivity contribution in [2.75, 3.05) is 0 Å². The summed E-state index contributed by atoms with van der Waals surface area (Å²) in [5.41, 5.74) is 10.2. The molecule has 8 heteroatoms. The highest BCUT2D eigenvalue weighted by Gasteiger charge is 2.14. The number of rotatable bonds is 7. The lowest BCUT2D eigenvalue weighted by Gasteiger charge is -2.10. The van der Waals surface area contributed by atoms with Crippen molar-refractivity contribution in [3.8, 4) is 79.2 Å². The Morgan fingerprint density at radius 1 is 0.292 bits per heavy atom. The summed E-state index contributed by atoms with van der Waals surface area (Å²) in [5, 5.41) is 0. The van der Waals surface area contributed by atoms with Crippen molar-refractivity contribution in [2.24, 2.45) is 0 Å². The van der Waals surface area contributed by atoms with E-state index in [1.54, 1.807) is 24.8 Å². The molecule has 8 nitrogen and oxygen atoms in total. The molecule has 8 rings (SSSR count). The Bertz CT molecular complexity index is 2010. The molecule has 0 atom stereocenters. The Morgan fingerprint density at radius 2 is 0.688 bits per heavy atom. The van der Waals surface area contributed by atoms with E-state index in [0.29, 0.717) is 11.6 Å². The van der Waals surface area contributed by atoms with Gasteiger partial charge in [-0.05, 0) is 48.5 Å². The summed E-state index contributed by atoms with van der Waals surface area (Å²) in [5.74, 6) is 1.27. The standard InChI is InChI=1S/C40H26N8/c1-3-7-29(8-4-1)39-45-35(27-15-19-41-20-16-27)23-37(47-39)33-13-11-31(25-43-33)32-12-14-34(44-26-32)38-24-36(28-17-21-42-22-18-28)46-40(48-38)30-9-5-2-6-10-30/h1-26H. The van der Waals surface area contributed by atoms with Crippen molar-refractivity contribution >= 4 is 0 Å². The maximum atomic E-state index is 4.89. The molecule has 48 heavy (non-hydrogen) atoms. The van der Waals surface area contributed by atoms with Gasteiger partial charge < -0.3 is 0 Å². The lowest BCUT2D eigenvalue weighted by atomic mass is 10.1. The zero-order chi connectivity index (χ0) is 32.1. The van der Waals surface area contributed by atoms with Crippen molar-refractivity contribution in [3.63, 3.8) is 0 Å². The fourth-order valence-electron chi connectivity index (χ4n) is 5.36. The zero-order valence-corrected chi connectivity index (χ0v) is 25.6. The van der Waals surface area contributed by atoms with Crippen LogP contribution in [-0.4, -0.2) is 39.9 Å². The summed E-state index contributed by atoms with van der Waals surface area (Å²) in [6.45, 7) is 0. The first-order chi connectivity index (χ1) is 23.8. The van der Waals surface area contributed by atoms with Gasteiger partial charge in [0.15, 0.2) is 11.6 Å². The quantitative estimate of drug-likeness (QED) is 0.175. The van der Waals surface area contributed by atoms with Crippen LogP contribution in [0.3, 0.4) is 0 Å². The third kappa shape index (κ3) is 6.05. The van der Waals surface area contributed by atoms with E-state index < -0.39 is 0 Å². The molecule has 0 aliphatic heterocycles. The predicted molar refractivity (Wildman–Crippen MR) is 187 cm³/mol. The molecular formula is C40H26N8. The number of benzene rings is 2. The molecule has 0 aliphatic carbocycles. The SMILES string of the molecule is c1ccc(-c2nc(-c3ccncc3)cc(-c3ccc(-c4ccc(-c5cc(-c6ccncc6)nc(-c6ccccc6)n5)nc4)cn3)n2)cc1. The first-order valence-corrected chi connectivity index (χ1v) is 15.4. The predicted octanol–water partition coefficient (Wildman–Crippen LogP) is 8.52. The molecule has 0 fully saturated rings. The highest BCUT2D eigenvalue weighted by atomic mass is 14.9. The van der Waals surface area contributed by atoms with Gasteiger partial charge in [-0.25, -0.2) is 19.9 Å².